The molecule has 0 saturated heterocycles. The van der Waals surface area contributed by atoms with Crippen LogP contribution in [-0.2, 0) is 4.79 Å². The number of amides is 1. The average Bonchev–Trinajstić information content (AvgIpc) is 3.02. The maximum atomic E-state index is 13.0. The topological polar surface area (TPSA) is 111 Å². The zero-order valence-electron chi connectivity index (χ0n) is 15.6. The maximum absolute atomic E-state index is 13.0. The molecule has 146 valence electrons. The molecule has 0 aliphatic carbocycles. The fourth-order valence-electron chi connectivity index (χ4n) is 3.04. The summed E-state index contributed by atoms with van der Waals surface area (Å²) >= 11 is 0.949. The number of carbonyl (C=O) groups is 2. The van der Waals surface area contributed by atoms with E-state index in [2.05, 4.69) is 10.3 Å². The lowest BCUT2D eigenvalue weighted by Crippen LogP contribution is -2.33. The van der Waals surface area contributed by atoms with Crippen LogP contribution in [0, 0.1) is 6.92 Å². The van der Waals surface area contributed by atoms with Gasteiger partial charge in [0.25, 0.3) is 5.56 Å². The lowest BCUT2D eigenvalue weighted by Gasteiger charge is -2.18. The molecule has 1 unspecified atom stereocenters. The highest BCUT2D eigenvalue weighted by Gasteiger charge is 2.24. The predicted octanol–water partition coefficient (Wildman–Crippen LogP) is 3.06. The van der Waals surface area contributed by atoms with Crippen LogP contribution < -0.4 is 15.6 Å². The Morgan fingerprint density at radius 3 is 2.71 bits per heavy atom. The van der Waals surface area contributed by atoms with Gasteiger partial charge in [-0.15, -0.1) is 11.3 Å². The molecule has 0 aliphatic rings. The molecule has 9 heteroatoms. The zero-order valence-corrected chi connectivity index (χ0v) is 16.4. The Labute approximate surface area is 164 Å². The molecule has 1 amide bonds. The number of carbonyl (C=O) groups excluding carboxylic acids is 1. The highest BCUT2D eigenvalue weighted by Crippen LogP contribution is 2.28. The quantitative estimate of drug-likeness (QED) is 0.657. The van der Waals surface area contributed by atoms with E-state index in [1.165, 1.54) is 18.0 Å². The Morgan fingerprint density at radius 1 is 1.36 bits per heavy atom. The number of aromatic nitrogens is 2. The van der Waals surface area contributed by atoms with Gasteiger partial charge in [-0.3, -0.25) is 14.2 Å². The van der Waals surface area contributed by atoms with E-state index in [-0.39, 0.29) is 16.2 Å². The van der Waals surface area contributed by atoms with E-state index >= 15 is 0 Å². The highest BCUT2D eigenvalue weighted by molar-refractivity contribution is 7.20. The second-order valence-electron chi connectivity index (χ2n) is 6.11. The van der Waals surface area contributed by atoms with Crippen molar-refractivity contribution in [1.82, 2.24) is 9.55 Å². The van der Waals surface area contributed by atoms with Gasteiger partial charge in [-0.05, 0) is 31.0 Å². The van der Waals surface area contributed by atoms with Crippen molar-refractivity contribution in [3.8, 4) is 5.75 Å². The minimum Gasteiger partial charge on any atom is -0.495 e. The summed E-state index contributed by atoms with van der Waals surface area (Å²) in [4.78, 5) is 41.8. The molecule has 28 heavy (non-hydrogen) atoms. The standard InChI is InChI=1S/C19H19N3O5S/c1-4-12(16(23)21-11-7-5-6-8-13(11)27-3)22-9-20-17-14(18(22)24)10(2)15(28-17)19(25)26/h5-9,12H,4H2,1-3H3,(H,21,23)(H,25,26). The number of hydrogen-bond acceptors (Lipinski definition) is 6. The fourth-order valence-corrected chi connectivity index (χ4v) is 4.01. The van der Waals surface area contributed by atoms with Gasteiger partial charge in [0, 0.05) is 0 Å². The average molecular weight is 401 g/mol. The number of hydrogen-bond donors (Lipinski definition) is 2. The van der Waals surface area contributed by atoms with E-state index in [1.54, 1.807) is 38.1 Å². The van der Waals surface area contributed by atoms with Gasteiger partial charge in [0.2, 0.25) is 5.91 Å². The molecule has 0 saturated carbocycles. The minimum absolute atomic E-state index is 0.0730. The first-order chi connectivity index (χ1) is 13.4. The van der Waals surface area contributed by atoms with Gasteiger partial charge in [0.05, 0.1) is 24.5 Å². The molecule has 3 rings (SSSR count). The largest absolute Gasteiger partial charge is 0.495 e. The van der Waals surface area contributed by atoms with Gasteiger partial charge in [0.15, 0.2) is 0 Å². The summed E-state index contributed by atoms with van der Waals surface area (Å²) in [6, 6.07) is 6.17. The third-order valence-electron chi connectivity index (χ3n) is 4.46. The molecule has 0 spiro atoms. The number of benzene rings is 1. The van der Waals surface area contributed by atoms with Crippen LogP contribution in [0.5, 0.6) is 5.75 Å². The summed E-state index contributed by atoms with van der Waals surface area (Å²) in [5.41, 5.74) is 0.419. The Bertz CT molecular complexity index is 1120. The lowest BCUT2D eigenvalue weighted by molar-refractivity contribution is -0.119. The third kappa shape index (κ3) is 3.36. The molecule has 0 aliphatic heterocycles. The first-order valence-electron chi connectivity index (χ1n) is 8.56. The van der Waals surface area contributed by atoms with Gasteiger partial charge < -0.3 is 15.2 Å². The van der Waals surface area contributed by atoms with Crippen LogP contribution in [0.15, 0.2) is 35.4 Å². The lowest BCUT2D eigenvalue weighted by atomic mass is 10.1. The van der Waals surface area contributed by atoms with Crippen molar-refractivity contribution in [3.63, 3.8) is 0 Å². The second-order valence-corrected chi connectivity index (χ2v) is 7.11. The molecule has 2 N–H and O–H groups in total. The van der Waals surface area contributed by atoms with Gasteiger partial charge in [-0.25, -0.2) is 9.78 Å². The van der Waals surface area contributed by atoms with E-state index in [1.807, 2.05) is 0 Å². The van der Waals surface area contributed by atoms with Gasteiger partial charge >= 0.3 is 5.97 Å². The van der Waals surface area contributed by atoms with Crippen LogP contribution in [0.3, 0.4) is 0 Å². The molecule has 1 atom stereocenters. The number of aryl methyl sites for hydroxylation is 1. The monoisotopic (exact) mass is 401 g/mol. The van der Waals surface area contributed by atoms with Crippen LogP contribution in [0.1, 0.15) is 34.6 Å². The van der Waals surface area contributed by atoms with E-state index in [0.29, 0.717) is 28.3 Å². The SMILES string of the molecule is CCC(C(=O)Nc1ccccc1OC)n1cnc2sc(C(=O)O)c(C)c2c1=O. The summed E-state index contributed by atoms with van der Waals surface area (Å²) in [7, 11) is 1.50. The van der Waals surface area contributed by atoms with Crippen LogP contribution in [0.4, 0.5) is 5.69 Å². The Hall–Kier alpha value is -3.20. The number of fused-ring (bicyclic) bond motifs is 1. The highest BCUT2D eigenvalue weighted by atomic mass is 32.1. The second kappa shape index (κ2) is 7.81. The molecular formula is C19H19N3O5S. The number of rotatable bonds is 6. The van der Waals surface area contributed by atoms with Crippen LogP contribution in [0.2, 0.25) is 0 Å². The molecule has 2 heterocycles. The smallest absolute Gasteiger partial charge is 0.346 e. The van der Waals surface area contributed by atoms with Crippen molar-refractivity contribution >= 4 is 39.1 Å². The van der Waals surface area contributed by atoms with Gasteiger partial charge in [0.1, 0.15) is 21.5 Å². The maximum Gasteiger partial charge on any atom is 0.346 e. The summed E-state index contributed by atoms with van der Waals surface area (Å²) < 4.78 is 6.49. The van der Waals surface area contributed by atoms with E-state index in [9.17, 15) is 19.5 Å². The van der Waals surface area contributed by atoms with Crippen molar-refractivity contribution in [3.05, 3.63) is 51.4 Å². The zero-order chi connectivity index (χ0) is 20.4. The van der Waals surface area contributed by atoms with Crippen molar-refractivity contribution in [2.75, 3.05) is 12.4 Å². The molecule has 1 aromatic carbocycles. The molecule has 0 fully saturated rings. The molecule has 8 nitrogen and oxygen atoms in total. The third-order valence-corrected chi connectivity index (χ3v) is 5.65. The number of nitrogens with one attached hydrogen (secondary N) is 1. The summed E-state index contributed by atoms with van der Waals surface area (Å²) in [5, 5.41) is 12.3. The summed E-state index contributed by atoms with van der Waals surface area (Å²) in [6.45, 7) is 3.36. The number of nitrogens with zero attached hydrogens (tertiary/aromatic N) is 2. The number of carboxylic acid groups (broad SMARTS) is 1. The number of methoxy groups -OCH3 is 1. The number of para-hydroxylation sites is 2. The van der Waals surface area contributed by atoms with E-state index in [4.69, 9.17) is 4.74 Å². The van der Waals surface area contributed by atoms with Crippen LogP contribution in [-0.4, -0.2) is 33.6 Å². The number of anilines is 1. The molecule has 0 radical (unpaired) electrons. The Morgan fingerprint density at radius 2 is 2.07 bits per heavy atom. The number of ether oxygens (including phenoxy) is 1. The minimum atomic E-state index is -1.10. The van der Waals surface area contributed by atoms with Crippen LogP contribution >= 0.6 is 11.3 Å². The van der Waals surface area contributed by atoms with Crippen LogP contribution in [0.25, 0.3) is 10.2 Å². The van der Waals surface area contributed by atoms with Crippen molar-refractivity contribution in [2.45, 2.75) is 26.3 Å². The van der Waals surface area contributed by atoms with E-state index in [0.717, 1.165) is 11.3 Å². The van der Waals surface area contributed by atoms with Gasteiger partial charge in [-0.1, -0.05) is 19.1 Å². The summed E-state index contributed by atoms with van der Waals surface area (Å²) in [6.07, 6.45) is 1.64. The Balaban J connectivity index is 2.02. The Kier molecular flexibility index (Phi) is 5.46. The molecule has 0 bridgehead atoms. The summed E-state index contributed by atoms with van der Waals surface area (Å²) in [5.74, 6) is -0.986. The van der Waals surface area contributed by atoms with Crippen molar-refractivity contribution < 1.29 is 19.4 Å². The van der Waals surface area contributed by atoms with Crippen molar-refractivity contribution in [1.29, 1.82) is 0 Å². The number of aromatic carboxylic acids is 1. The molecular weight excluding hydrogens is 382 g/mol. The molecule has 2 aromatic heterocycles. The number of thiophene rings is 1. The van der Waals surface area contributed by atoms with Gasteiger partial charge in [-0.2, -0.15) is 0 Å². The predicted molar refractivity (Wildman–Crippen MR) is 107 cm³/mol. The van der Waals surface area contributed by atoms with E-state index < -0.39 is 17.6 Å². The first kappa shape index (κ1) is 19.6. The molecule has 3 aromatic rings. The number of carboxylic acids is 1. The normalized spacial score (nSPS) is 12.0. The first-order valence-corrected chi connectivity index (χ1v) is 9.38. The fraction of sp³-hybridized carbons (Fsp3) is 0.263. The van der Waals surface area contributed by atoms with Crippen molar-refractivity contribution in [2.24, 2.45) is 0 Å².